The van der Waals surface area contributed by atoms with E-state index in [0.29, 0.717) is 38.5 Å². The fourth-order valence-corrected chi connectivity index (χ4v) is 3.51. The van der Waals surface area contributed by atoms with Crippen LogP contribution in [0.1, 0.15) is 6.42 Å². The minimum Gasteiger partial charge on any atom is -0.486 e. The molecule has 6 nitrogen and oxygen atoms in total. The monoisotopic (exact) mass is 374 g/mol. The second-order valence-electron chi connectivity index (χ2n) is 5.69. The molecule has 0 bridgehead atoms. The van der Waals surface area contributed by atoms with Crippen LogP contribution in [0.3, 0.4) is 0 Å². The number of β-amino-alcohol motifs (C(OH)–C–C–N with tert-alkyl or cyclic N) is 1. The number of carbonyl (C=O) groups excluding carboxylic acids is 1. The van der Waals surface area contributed by atoms with Gasteiger partial charge in [-0.2, -0.15) is 0 Å². The van der Waals surface area contributed by atoms with Crippen LogP contribution in [0.5, 0.6) is 11.5 Å². The highest BCUT2D eigenvalue weighted by molar-refractivity contribution is 7.99. The van der Waals surface area contributed by atoms with Crippen LogP contribution < -0.4 is 20.1 Å². The number of thioether (sulfide) groups is 1. The molecule has 2 unspecified atom stereocenters. The largest absolute Gasteiger partial charge is 0.486 e. The van der Waals surface area contributed by atoms with Gasteiger partial charge >= 0.3 is 0 Å². The Kier molecular flexibility index (Phi) is 7.48. The Bertz CT molecular complexity index is 561. The average molecular weight is 375 g/mol. The number of ether oxygens (including phenoxy) is 2. The molecule has 1 saturated heterocycles. The molecular formula is C16H23ClN2O4S. The number of nitrogens with one attached hydrogen (secondary N) is 2. The van der Waals surface area contributed by atoms with Crippen molar-refractivity contribution >= 4 is 30.1 Å². The average Bonchev–Trinajstić information content (AvgIpc) is 2.98. The molecule has 3 N–H and O–H groups in total. The summed E-state index contributed by atoms with van der Waals surface area (Å²) in [6.45, 7) is 3.06. The van der Waals surface area contributed by atoms with Gasteiger partial charge in [0.2, 0.25) is 5.91 Å². The zero-order chi connectivity index (χ0) is 16.1. The Balaban J connectivity index is 0.00000208. The van der Waals surface area contributed by atoms with Crippen molar-refractivity contribution in [1.29, 1.82) is 0 Å². The van der Waals surface area contributed by atoms with Crippen molar-refractivity contribution in [3.63, 3.8) is 0 Å². The zero-order valence-electron chi connectivity index (χ0n) is 13.3. The molecule has 24 heavy (non-hydrogen) atoms. The smallest absolute Gasteiger partial charge is 0.220 e. The zero-order valence-corrected chi connectivity index (χ0v) is 15.0. The van der Waals surface area contributed by atoms with Crippen molar-refractivity contribution in [3.05, 3.63) is 18.2 Å². The molecule has 134 valence electrons. The van der Waals surface area contributed by atoms with Crippen molar-refractivity contribution in [2.75, 3.05) is 38.6 Å². The van der Waals surface area contributed by atoms with Crippen LogP contribution >= 0.6 is 24.2 Å². The number of aliphatic hydroxyl groups excluding tert-OH is 1. The minimum absolute atomic E-state index is 0. The van der Waals surface area contributed by atoms with Crippen LogP contribution in [0, 0.1) is 5.92 Å². The van der Waals surface area contributed by atoms with E-state index < -0.39 is 0 Å². The third-order valence-corrected chi connectivity index (χ3v) is 4.97. The standard InChI is InChI=1S/C16H22N2O4S.ClH/c19-13-10-17-8-11(13)9-18-16(20)3-6-23-12-1-2-14-15(7-12)22-5-4-21-14;/h1-2,7,11,13,17,19H,3-6,8-10H2,(H,18,20);1H. The third kappa shape index (κ3) is 5.17. The van der Waals surface area contributed by atoms with Gasteiger partial charge in [0.25, 0.3) is 0 Å². The van der Waals surface area contributed by atoms with Crippen molar-refractivity contribution < 1.29 is 19.4 Å². The highest BCUT2D eigenvalue weighted by Gasteiger charge is 2.24. The van der Waals surface area contributed by atoms with E-state index in [4.69, 9.17) is 9.47 Å². The summed E-state index contributed by atoms with van der Waals surface area (Å²) in [4.78, 5) is 12.9. The van der Waals surface area contributed by atoms with E-state index in [2.05, 4.69) is 10.6 Å². The summed E-state index contributed by atoms with van der Waals surface area (Å²) in [5, 5.41) is 15.7. The van der Waals surface area contributed by atoms with E-state index >= 15 is 0 Å². The first-order valence-electron chi connectivity index (χ1n) is 7.90. The maximum absolute atomic E-state index is 11.9. The van der Waals surface area contributed by atoms with Crippen LogP contribution in [-0.2, 0) is 4.79 Å². The number of benzene rings is 1. The highest BCUT2D eigenvalue weighted by atomic mass is 35.5. The number of carbonyl (C=O) groups is 1. The highest BCUT2D eigenvalue weighted by Crippen LogP contribution is 2.34. The van der Waals surface area contributed by atoms with Crippen LogP contribution in [-0.4, -0.2) is 55.7 Å². The van der Waals surface area contributed by atoms with E-state index in [1.165, 1.54) is 0 Å². The quantitative estimate of drug-likeness (QED) is 0.646. The summed E-state index contributed by atoms with van der Waals surface area (Å²) in [6.07, 6.45) is 0.0948. The summed E-state index contributed by atoms with van der Waals surface area (Å²) in [5.41, 5.74) is 0. The maximum Gasteiger partial charge on any atom is 0.220 e. The molecule has 1 amide bonds. The number of rotatable bonds is 6. The maximum atomic E-state index is 11.9. The molecule has 1 aromatic carbocycles. The normalized spacial score (nSPS) is 21.9. The van der Waals surface area contributed by atoms with Crippen LogP contribution in [0.4, 0.5) is 0 Å². The molecule has 2 atom stereocenters. The van der Waals surface area contributed by atoms with E-state index in [-0.39, 0.29) is 30.3 Å². The first-order chi connectivity index (χ1) is 11.2. The Morgan fingerprint density at radius 3 is 2.83 bits per heavy atom. The Morgan fingerprint density at radius 2 is 2.08 bits per heavy atom. The lowest BCUT2D eigenvalue weighted by molar-refractivity contribution is -0.120. The number of hydrogen-bond donors (Lipinski definition) is 3. The number of halogens is 1. The lowest BCUT2D eigenvalue weighted by Gasteiger charge is -2.18. The van der Waals surface area contributed by atoms with Gasteiger partial charge in [0.1, 0.15) is 13.2 Å². The Hall–Kier alpha value is -1.15. The Morgan fingerprint density at radius 1 is 1.29 bits per heavy atom. The third-order valence-electron chi connectivity index (χ3n) is 3.98. The van der Waals surface area contributed by atoms with Gasteiger partial charge in [-0.1, -0.05) is 0 Å². The summed E-state index contributed by atoms with van der Waals surface area (Å²) in [6, 6.07) is 5.85. The predicted molar refractivity (Wildman–Crippen MR) is 95.4 cm³/mol. The number of hydrogen-bond acceptors (Lipinski definition) is 6. The molecular weight excluding hydrogens is 352 g/mol. The van der Waals surface area contributed by atoms with E-state index in [1.807, 2.05) is 18.2 Å². The minimum atomic E-state index is -0.359. The first-order valence-corrected chi connectivity index (χ1v) is 8.89. The van der Waals surface area contributed by atoms with Gasteiger partial charge in [0.05, 0.1) is 6.10 Å². The molecule has 0 saturated carbocycles. The van der Waals surface area contributed by atoms with Gasteiger partial charge in [-0.25, -0.2) is 0 Å². The summed E-state index contributed by atoms with van der Waals surface area (Å²) >= 11 is 1.62. The van der Waals surface area contributed by atoms with Crippen LogP contribution in [0.15, 0.2) is 23.1 Å². The molecule has 1 aromatic rings. The van der Waals surface area contributed by atoms with Crippen molar-refractivity contribution in [2.45, 2.75) is 17.4 Å². The van der Waals surface area contributed by atoms with Gasteiger partial charge in [-0.15, -0.1) is 24.2 Å². The number of fused-ring (bicyclic) bond motifs is 1. The summed E-state index contributed by atoms with van der Waals surface area (Å²) in [5.74, 6) is 2.39. The first kappa shape index (κ1) is 19.2. The van der Waals surface area contributed by atoms with Crippen LogP contribution in [0.2, 0.25) is 0 Å². The van der Waals surface area contributed by atoms with E-state index in [1.54, 1.807) is 11.8 Å². The molecule has 2 aliphatic rings. The van der Waals surface area contributed by atoms with E-state index in [0.717, 1.165) is 22.9 Å². The predicted octanol–water partition coefficient (Wildman–Crippen LogP) is 1.06. The summed E-state index contributed by atoms with van der Waals surface area (Å²) in [7, 11) is 0. The number of amides is 1. The molecule has 1 fully saturated rings. The molecule has 2 heterocycles. The SMILES string of the molecule is Cl.O=C(CCSc1ccc2c(c1)OCCO2)NCC1CNCC1O. The molecule has 3 rings (SSSR count). The summed E-state index contributed by atoms with van der Waals surface area (Å²) < 4.78 is 11.0. The van der Waals surface area contributed by atoms with Gasteiger partial charge in [-0.3, -0.25) is 4.79 Å². The number of aliphatic hydroxyl groups is 1. The van der Waals surface area contributed by atoms with Crippen molar-refractivity contribution in [1.82, 2.24) is 10.6 Å². The van der Waals surface area contributed by atoms with Gasteiger partial charge in [0, 0.05) is 42.6 Å². The molecule has 0 radical (unpaired) electrons. The lowest BCUT2D eigenvalue weighted by Crippen LogP contribution is -2.34. The fraction of sp³-hybridized carbons (Fsp3) is 0.562. The topological polar surface area (TPSA) is 79.8 Å². The van der Waals surface area contributed by atoms with Gasteiger partial charge < -0.3 is 25.2 Å². The second kappa shape index (κ2) is 9.36. The van der Waals surface area contributed by atoms with Crippen LogP contribution in [0.25, 0.3) is 0 Å². The van der Waals surface area contributed by atoms with Crippen molar-refractivity contribution in [3.8, 4) is 11.5 Å². The molecule has 0 aliphatic carbocycles. The van der Waals surface area contributed by atoms with Gasteiger partial charge in [-0.05, 0) is 18.2 Å². The Labute approximate surface area is 152 Å². The molecule has 0 aromatic heterocycles. The molecule has 2 aliphatic heterocycles. The van der Waals surface area contributed by atoms with Crippen molar-refractivity contribution in [2.24, 2.45) is 5.92 Å². The second-order valence-corrected chi connectivity index (χ2v) is 6.86. The van der Waals surface area contributed by atoms with E-state index in [9.17, 15) is 9.90 Å². The fourth-order valence-electron chi connectivity index (χ4n) is 2.64. The molecule has 8 heteroatoms. The lowest BCUT2D eigenvalue weighted by atomic mass is 10.1. The van der Waals surface area contributed by atoms with Gasteiger partial charge in [0.15, 0.2) is 11.5 Å². The molecule has 0 spiro atoms.